The van der Waals surface area contributed by atoms with Gasteiger partial charge < -0.3 is 14.9 Å². The van der Waals surface area contributed by atoms with Crippen LogP contribution in [0.25, 0.3) is 28.0 Å². The first-order chi connectivity index (χ1) is 22.1. The first-order valence-electron chi connectivity index (χ1n) is 17.0. The van der Waals surface area contributed by atoms with Crippen LogP contribution >= 0.6 is 0 Å². The van der Waals surface area contributed by atoms with Gasteiger partial charge in [0.05, 0.1) is 18.0 Å². The zero-order valence-corrected chi connectivity index (χ0v) is 26.8. The Morgan fingerprint density at radius 3 is 2.36 bits per heavy atom. The van der Waals surface area contributed by atoms with E-state index in [-0.39, 0.29) is 6.61 Å². The van der Waals surface area contributed by atoms with E-state index in [4.69, 9.17) is 10.1 Å². The predicted molar refractivity (Wildman–Crippen MR) is 182 cm³/mol. The van der Waals surface area contributed by atoms with E-state index >= 15 is 0 Å². The smallest absolute Gasteiger partial charge is 0.222 e. The minimum absolute atomic E-state index is 0.192. The summed E-state index contributed by atoms with van der Waals surface area (Å²) >= 11 is 0. The van der Waals surface area contributed by atoms with Gasteiger partial charge in [0, 0.05) is 69.4 Å². The number of aliphatic hydroxyl groups is 1. The van der Waals surface area contributed by atoms with Gasteiger partial charge in [-0.25, -0.2) is 4.98 Å². The second-order valence-corrected chi connectivity index (χ2v) is 12.7. The number of piperazine rings is 1. The lowest BCUT2D eigenvalue weighted by Gasteiger charge is -2.35. The summed E-state index contributed by atoms with van der Waals surface area (Å²) in [5.41, 5.74) is 7.47. The second kappa shape index (κ2) is 15.0. The molecular formula is C37H48N6O2. The van der Waals surface area contributed by atoms with Crippen LogP contribution in [0.1, 0.15) is 62.6 Å². The van der Waals surface area contributed by atoms with Crippen LogP contribution in [0, 0.1) is 6.92 Å². The Labute approximate surface area is 267 Å². The lowest BCUT2D eigenvalue weighted by molar-refractivity contribution is -0.132. The highest BCUT2D eigenvalue weighted by Crippen LogP contribution is 2.33. The van der Waals surface area contributed by atoms with Crippen LogP contribution in [0.4, 0.5) is 5.82 Å². The van der Waals surface area contributed by atoms with Crippen molar-refractivity contribution in [2.45, 2.75) is 64.7 Å². The van der Waals surface area contributed by atoms with E-state index in [2.05, 4.69) is 76.2 Å². The summed E-state index contributed by atoms with van der Waals surface area (Å²) in [6, 6.07) is 21.5. The summed E-state index contributed by atoms with van der Waals surface area (Å²) in [6.45, 7) is 8.46. The van der Waals surface area contributed by atoms with Gasteiger partial charge in [0.1, 0.15) is 5.82 Å². The molecule has 4 heterocycles. The van der Waals surface area contributed by atoms with Crippen LogP contribution in [0.5, 0.6) is 0 Å². The quantitative estimate of drug-likeness (QED) is 0.199. The van der Waals surface area contributed by atoms with Gasteiger partial charge in [-0.05, 0) is 62.6 Å². The molecule has 0 unspecified atom stereocenters. The van der Waals surface area contributed by atoms with E-state index in [9.17, 15) is 9.90 Å². The highest BCUT2D eigenvalue weighted by Gasteiger charge is 2.23. The summed E-state index contributed by atoms with van der Waals surface area (Å²) in [6.07, 6.45) is 9.67. The van der Waals surface area contributed by atoms with Gasteiger partial charge in [0.2, 0.25) is 5.91 Å². The Hall–Kier alpha value is -3.75. The lowest BCUT2D eigenvalue weighted by atomic mass is 10.0. The number of aromatic nitrogens is 3. The van der Waals surface area contributed by atoms with Crippen molar-refractivity contribution in [2.24, 2.45) is 0 Å². The summed E-state index contributed by atoms with van der Waals surface area (Å²) in [4.78, 5) is 24.5. The molecule has 2 aliphatic heterocycles. The van der Waals surface area contributed by atoms with E-state index in [1.165, 1.54) is 12.0 Å². The summed E-state index contributed by atoms with van der Waals surface area (Å²) < 4.78 is 2.03. The van der Waals surface area contributed by atoms with E-state index in [0.29, 0.717) is 18.9 Å². The molecule has 1 amide bonds. The van der Waals surface area contributed by atoms with Crippen LogP contribution < -0.4 is 4.90 Å². The molecule has 0 saturated carbocycles. The van der Waals surface area contributed by atoms with Crippen molar-refractivity contribution in [2.75, 3.05) is 57.3 Å². The fraction of sp³-hybridized carbons (Fsp3) is 0.486. The zero-order valence-electron chi connectivity index (χ0n) is 26.8. The van der Waals surface area contributed by atoms with Gasteiger partial charge in [-0.2, -0.15) is 9.61 Å². The highest BCUT2D eigenvalue weighted by atomic mass is 16.3. The molecule has 2 fully saturated rings. The number of benzene rings is 2. The Morgan fingerprint density at radius 1 is 0.822 bits per heavy atom. The third-order valence-electron chi connectivity index (χ3n) is 9.46. The number of piperidine rings is 1. The molecule has 2 aromatic heterocycles. The van der Waals surface area contributed by atoms with Crippen LogP contribution in [0.15, 0.2) is 60.7 Å². The third-order valence-corrected chi connectivity index (χ3v) is 9.46. The van der Waals surface area contributed by atoms with E-state index in [1.807, 2.05) is 10.6 Å². The predicted octanol–water partition coefficient (Wildman–Crippen LogP) is 5.99. The Kier molecular flexibility index (Phi) is 10.4. The fourth-order valence-electron chi connectivity index (χ4n) is 6.91. The largest absolute Gasteiger partial charge is 0.395 e. The first-order valence-corrected chi connectivity index (χ1v) is 17.0. The van der Waals surface area contributed by atoms with E-state index in [0.717, 1.165) is 124 Å². The number of β-amino-alcohol motifs (C(OH)–C–C–N with tert-alkyl or cyclic N) is 1. The molecule has 8 heteroatoms. The van der Waals surface area contributed by atoms with Crippen molar-refractivity contribution >= 4 is 17.4 Å². The molecule has 1 N–H and O–H groups in total. The van der Waals surface area contributed by atoms with Crippen LogP contribution in [0.2, 0.25) is 0 Å². The molecule has 238 valence electrons. The number of amides is 1. The highest BCUT2D eigenvalue weighted by molar-refractivity contribution is 5.83. The average Bonchev–Trinajstić information content (AvgIpc) is 3.42. The zero-order chi connectivity index (χ0) is 31.0. The summed E-state index contributed by atoms with van der Waals surface area (Å²) in [7, 11) is 0. The maximum absolute atomic E-state index is 12.5. The van der Waals surface area contributed by atoms with Gasteiger partial charge >= 0.3 is 0 Å². The van der Waals surface area contributed by atoms with Crippen molar-refractivity contribution < 1.29 is 9.90 Å². The van der Waals surface area contributed by atoms with E-state index in [1.54, 1.807) is 0 Å². The number of carbonyl (C=O) groups excluding carboxylic acids is 1. The molecule has 0 atom stereocenters. The Balaban J connectivity index is 1.18. The minimum atomic E-state index is 0.192. The Morgan fingerprint density at radius 2 is 1.58 bits per heavy atom. The van der Waals surface area contributed by atoms with Crippen molar-refractivity contribution in [3.05, 3.63) is 71.9 Å². The molecule has 4 aromatic rings. The van der Waals surface area contributed by atoms with Crippen LogP contribution in [-0.4, -0.2) is 87.8 Å². The van der Waals surface area contributed by atoms with Crippen molar-refractivity contribution in [3.8, 4) is 22.4 Å². The molecule has 45 heavy (non-hydrogen) atoms. The SMILES string of the molecule is Cc1nn2c(N3CCN(CCO)CC3)cc(-c3cccc(CCCCCCC(=O)N4CCCCC4)c3)nc2c1-c1ccccc1. The maximum atomic E-state index is 12.5. The van der Waals surface area contributed by atoms with Crippen LogP contribution in [-0.2, 0) is 11.2 Å². The number of hydrogen-bond acceptors (Lipinski definition) is 6. The number of nitrogens with zero attached hydrogens (tertiary/aromatic N) is 6. The van der Waals surface area contributed by atoms with E-state index < -0.39 is 0 Å². The maximum Gasteiger partial charge on any atom is 0.222 e. The Bertz CT molecular complexity index is 1550. The summed E-state index contributed by atoms with van der Waals surface area (Å²) in [5, 5.41) is 14.4. The number of hydrogen-bond donors (Lipinski definition) is 1. The number of carbonyl (C=O) groups is 1. The van der Waals surface area contributed by atoms with Crippen molar-refractivity contribution in [1.82, 2.24) is 24.4 Å². The van der Waals surface area contributed by atoms with Crippen molar-refractivity contribution in [3.63, 3.8) is 0 Å². The molecule has 2 aromatic carbocycles. The minimum Gasteiger partial charge on any atom is -0.395 e. The van der Waals surface area contributed by atoms with Gasteiger partial charge in [-0.3, -0.25) is 9.69 Å². The monoisotopic (exact) mass is 608 g/mol. The normalized spacial score (nSPS) is 16.0. The number of unbranched alkanes of at least 4 members (excludes halogenated alkanes) is 3. The second-order valence-electron chi connectivity index (χ2n) is 12.7. The molecule has 2 aliphatic rings. The number of likely N-dealkylation sites (tertiary alicyclic amines) is 1. The average molecular weight is 609 g/mol. The molecule has 0 spiro atoms. The number of aryl methyl sites for hydroxylation is 2. The molecule has 8 nitrogen and oxygen atoms in total. The van der Waals surface area contributed by atoms with Crippen molar-refractivity contribution in [1.29, 1.82) is 0 Å². The lowest BCUT2D eigenvalue weighted by Crippen LogP contribution is -2.47. The molecule has 0 radical (unpaired) electrons. The number of aliphatic hydroxyl groups excluding tert-OH is 1. The molecule has 0 aliphatic carbocycles. The molecular weight excluding hydrogens is 560 g/mol. The van der Waals surface area contributed by atoms with Gasteiger partial charge in [-0.15, -0.1) is 0 Å². The standard InChI is InChI=1S/C37H48N6O2/c1-29-36(31-15-7-4-8-16-31)37-38-33(28-34(43(37)39-29)41-23-21-40(22-24-41)25-26-44)32-17-12-14-30(27-32)13-6-2-3-9-18-35(45)42-19-10-5-11-20-42/h4,7-8,12,14-17,27-28,44H,2-3,5-6,9-11,13,18-26H2,1H3. The molecule has 2 saturated heterocycles. The molecule has 0 bridgehead atoms. The number of anilines is 1. The number of fused-ring (bicyclic) bond motifs is 1. The number of rotatable bonds is 12. The topological polar surface area (TPSA) is 77.2 Å². The van der Waals surface area contributed by atoms with Gasteiger partial charge in [-0.1, -0.05) is 61.4 Å². The van der Waals surface area contributed by atoms with Gasteiger partial charge in [0.15, 0.2) is 5.65 Å². The van der Waals surface area contributed by atoms with Crippen LogP contribution in [0.3, 0.4) is 0 Å². The first kappa shape index (κ1) is 31.2. The fourth-order valence-corrected chi connectivity index (χ4v) is 6.91. The third kappa shape index (κ3) is 7.56. The van der Waals surface area contributed by atoms with Gasteiger partial charge in [0.25, 0.3) is 0 Å². The molecule has 6 rings (SSSR count). The summed E-state index contributed by atoms with van der Waals surface area (Å²) in [5.74, 6) is 1.41.